The number of nitrogens with one attached hydrogen (secondary N) is 2. The molecule has 100 valence electrons. The number of rotatable bonds is 4. The molecule has 0 aliphatic rings. The van der Waals surface area contributed by atoms with Gasteiger partial charge in [-0.15, -0.1) is 0 Å². The molecule has 0 atom stereocenters. The van der Waals surface area contributed by atoms with Gasteiger partial charge >= 0.3 is 0 Å². The summed E-state index contributed by atoms with van der Waals surface area (Å²) in [5, 5.41) is 12.9. The van der Waals surface area contributed by atoms with E-state index in [1.165, 1.54) is 0 Å². The lowest BCUT2D eigenvalue weighted by Gasteiger charge is -2.06. The first kappa shape index (κ1) is 13.3. The smallest absolute Gasteiger partial charge is 0.262 e. The van der Waals surface area contributed by atoms with E-state index in [2.05, 4.69) is 15.3 Å². The summed E-state index contributed by atoms with van der Waals surface area (Å²) < 4.78 is 0. The van der Waals surface area contributed by atoms with Gasteiger partial charge in [0.05, 0.1) is 0 Å². The van der Waals surface area contributed by atoms with Crippen molar-refractivity contribution in [2.24, 2.45) is 0 Å². The summed E-state index contributed by atoms with van der Waals surface area (Å²) >= 11 is 0. The maximum Gasteiger partial charge on any atom is 0.262 e. The van der Waals surface area contributed by atoms with Crippen LogP contribution in [0.25, 0.3) is 11.1 Å². The fraction of sp³-hybridized carbons (Fsp3) is 0.286. The van der Waals surface area contributed by atoms with Crippen molar-refractivity contribution < 1.29 is 5.11 Å². The lowest BCUT2D eigenvalue weighted by molar-refractivity contribution is 0.449. The highest BCUT2D eigenvalue weighted by Gasteiger charge is 2.12. The molecular weight excluding hydrogens is 242 g/mol. The van der Waals surface area contributed by atoms with E-state index in [1.807, 2.05) is 26.1 Å². The molecule has 0 bridgehead atoms. The van der Waals surface area contributed by atoms with Crippen LogP contribution >= 0.6 is 0 Å². The molecule has 0 saturated carbocycles. The number of benzene rings is 1. The van der Waals surface area contributed by atoms with Gasteiger partial charge in [0.25, 0.3) is 5.56 Å². The van der Waals surface area contributed by atoms with E-state index in [-0.39, 0.29) is 17.0 Å². The summed E-state index contributed by atoms with van der Waals surface area (Å²) in [6.45, 7) is 2.65. The number of hydrogen-bond donors (Lipinski definition) is 3. The highest BCUT2D eigenvalue weighted by Crippen LogP contribution is 2.23. The molecule has 2 rings (SSSR count). The zero-order valence-corrected chi connectivity index (χ0v) is 11.0. The third-order valence-corrected chi connectivity index (χ3v) is 2.90. The Labute approximate surface area is 111 Å². The van der Waals surface area contributed by atoms with Gasteiger partial charge in [0.1, 0.15) is 11.4 Å². The van der Waals surface area contributed by atoms with Gasteiger partial charge < -0.3 is 15.4 Å². The van der Waals surface area contributed by atoms with Crippen LogP contribution < -0.4 is 10.9 Å². The Morgan fingerprint density at radius 1 is 1.32 bits per heavy atom. The molecule has 3 N–H and O–H groups in total. The average Bonchev–Trinajstić information content (AvgIpc) is 2.38. The number of aromatic hydroxyl groups is 1. The molecule has 0 unspecified atom stereocenters. The van der Waals surface area contributed by atoms with Crippen molar-refractivity contribution in [3.8, 4) is 17.0 Å². The summed E-state index contributed by atoms with van der Waals surface area (Å²) in [7, 11) is 1.82. The first-order valence-corrected chi connectivity index (χ1v) is 6.15. The zero-order chi connectivity index (χ0) is 13.8. The summed E-state index contributed by atoms with van der Waals surface area (Å²) in [5.41, 5.74) is 1.66. The van der Waals surface area contributed by atoms with Gasteiger partial charge in [-0.25, -0.2) is 0 Å². The van der Waals surface area contributed by atoms with Crippen molar-refractivity contribution in [2.75, 3.05) is 13.6 Å². The topological polar surface area (TPSA) is 78.0 Å². The van der Waals surface area contributed by atoms with Crippen LogP contribution in [0.2, 0.25) is 0 Å². The van der Waals surface area contributed by atoms with Crippen molar-refractivity contribution in [1.29, 1.82) is 0 Å². The molecule has 2 aromatic rings. The Hall–Kier alpha value is -2.14. The number of likely N-dealkylation sites (N-methyl/N-ethyl adjacent to an activating group) is 1. The Morgan fingerprint density at radius 2 is 2.00 bits per heavy atom. The van der Waals surface area contributed by atoms with Crippen molar-refractivity contribution in [1.82, 2.24) is 15.3 Å². The van der Waals surface area contributed by atoms with Crippen LogP contribution in [0.4, 0.5) is 0 Å². The van der Waals surface area contributed by atoms with Crippen molar-refractivity contribution in [2.45, 2.75) is 13.3 Å². The van der Waals surface area contributed by atoms with Crippen LogP contribution in [0.3, 0.4) is 0 Å². The number of H-pyrrole nitrogens is 1. The summed E-state index contributed by atoms with van der Waals surface area (Å²) in [4.78, 5) is 18.8. The molecule has 0 spiro atoms. The standard InChI is InChI=1S/C14H17N3O2/c1-9-3-5-10(6-4-9)12-13(18)16-11(7-8-15-2)17-14(12)19/h3-6,15H,7-8H2,1-2H3,(H2,16,17,18,19). The lowest BCUT2D eigenvalue weighted by Crippen LogP contribution is -2.18. The van der Waals surface area contributed by atoms with Gasteiger partial charge in [-0.05, 0) is 19.5 Å². The third-order valence-electron chi connectivity index (χ3n) is 2.90. The summed E-state index contributed by atoms with van der Waals surface area (Å²) in [6.07, 6.45) is 0.563. The SMILES string of the molecule is CNCCc1nc(O)c(-c2ccc(C)cc2)c(=O)[nH]1. The molecule has 5 heteroatoms. The van der Waals surface area contributed by atoms with E-state index >= 15 is 0 Å². The molecule has 0 amide bonds. The van der Waals surface area contributed by atoms with Crippen molar-refractivity contribution >= 4 is 0 Å². The lowest BCUT2D eigenvalue weighted by atomic mass is 10.1. The Balaban J connectivity index is 2.42. The normalized spacial score (nSPS) is 10.6. The molecule has 0 fully saturated rings. The molecule has 1 heterocycles. The van der Waals surface area contributed by atoms with Gasteiger partial charge in [0.2, 0.25) is 5.88 Å². The van der Waals surface area contributed by atoms with Crippen molar-refractivity contribution in [3.63, 3.8) is 0 Å². The van der Waals surface area contributed by atoms with Gasteiger partial charge in [-0.3, -0.25) is 4.79 Å². The Bertz CT molecular complexity index is 618. The van der Waals surface area contributed by atoms with E-state index < -0.39 is 0 Å². The van der Waals surface area contributed by atoms with Crippen LogP contribution in [0.5, 0.6) is 5.88 Å². The van der Waals surface area contributed by atoms with E-state index in [4.69, 9.17) is 0 Å². The highest BCUT2D eigenvalue weighted by atomic mass is 16.3. The van der Waals surface area contributed by atoms with E-state index in [0.29, 0.717) is 24.4 Å². The fourth-order valence-corrected chi connectivity index (χ4v) is 1.85. The van der Waals surface area contributed by atoms with Gasteiger partial charge in [-0.2, -0.15) is 4.98 Å². The second kappa shape index (κ2) is 5.67. The number of aromatic amines is 1. The summed E-state index contributed by atoms with van der Waals surface area (Å²) in [6, 6.07) is 7.38. The summed E-state index contributed by atoms with van der Waals surface area (Å²) in [5.74, 6) is 0.256. The predicted molar refractivity (Wildman–Crippen MR) is 74.3 cm³/mol. The Kier molecular flexibility index (Phi) is 3.97. The van der Waals surface area contributed by atoms with Crippen LogP contribution in [0, 0.1) is 6.92 Å². The molecular formula is C14H17N3O2. The van der Waals surface area contributed by atoms with Crippen LogP contribution in [0.15, 0.2) is 29.1 Å². The van der Waals surface area contributed by atoms with Crippen molar-refractivity contribution in [3.05, 3.63) is 46.0 Å². The molecule has 0 radical (unpaired) electrons. The van der Waals surface area contributed by atoms with Crippen LogP contribution in [-0.2, 0) is 6.42 Å². The predicted octanol–water partition coefficient (Wildman–Crippen LogP) is 1.21. The molecule has 0 aliphatic heterocycles. The number of hydrogen-bond acceptors (Lipinski definition) is 4. The van der Waals surface area contributed by atoms with E-state index in [9.17, 15) is 9.90 Å². The minimum atomic E-state index is -0.317. The Morgan fingerprint density at radius 3 is 2.58 bits per heavy atom. The number of aromatic nitrogens is 2. The maximum absolute atomic E-state index is 12.0. The minimum Gasteiger partial charge on any atom is -0.493 e. The molecule has 1 aromatic carbocycles. The monoisotopic (exact) mass is 259 g/mol. The maximum atomic E-state index is 12.0. The van der Waals surface area contributed by atoms with E-state index in [0.717, 1.165) is 5.56 Å². The molecule has 1 aromatic heterocycles. The zero-order valence-electron chi connectivity index (χ0n) is 11.0. The first-order valence-electron chi connectivity index (χ1n) is 6.15. The third kappa shape index (κ3) is 3.00. The molecule has 5 nitrogen and oxygen atoms in total. The minimum absolute atomic E-state index is 0.216. The second-order valence-corrected chi connectivity index (χ2v) is 4.43. The fourth-order valence-electron chi connectivity index (χ4n) is 1.85. The van der Waals surface area contributed by atoms with Gasteiger partial charge in [-0.1, -0.05) is 29.8 Å². The van der Waals surface area contributed by atoms with Crippen LogP contribution in [0.1, 0.15) is 11.4 Å². The second-order valence-electron chi connectivity index (χ2n) is 4.43. The highest BCUT2D eigenvalue weighted by molar-refractivity contribution is 5.67. The van der Waals surface area contributed by atoms with Gasteiger partial charge in [0, 0.05) is 13.0 Å². The molecule has 0 aliphatic carbocycles. The number of nitrogens with zero attached hydrogens (tertiary/aromatic N) is 1. The molecule has 0 saturated heterocycles. The number of aryl methyl sites for hydroxylation is 1. The quantitative estimate of drug-likeness (QED) is 0.771. The largest absolute Gasteiger partial charge is 0.493 e. The van der Waals surface area contributed by atoms with E-state index in [1.54, 1.807) is 12.1 Å². The first-order chi connectivity index (χ1) is 9.11. The molecule has 19 heavy (non-hydrogen) atoms. The van der Waals surface area contributed by atoms with Gasteiger partial charge in [0.15, 0.2) is 0 Å². The average molecular weight is 259 g/mol. The van der Waals surface area contributed by atoms with Crippen LogP contribution in [-0.4, -0.2) is 28.7 Å².